The number of amides is 3. The lowest BCUT2D eigenvalue weighted by Gasteiger charge is -2.27. The van der Waals surface area contributed by atoms with E-state index < -0.39 is 17.4 Å². The lowest BCUT2D eigenvalue weighted by molar-refractivity contribution is -0.138. The summed E-state index contributed by atoms with van der Waals surface area (Å²) in [5.74, 6) is 0.406. The minimum absolute atomic E-state index is 0.0424. The second-order valence-electron chi connectivity index (χ2n) is 13.3. The number of ketones is 1. The monoisotopic (exact) mass is 756 g/mol. The predicted molar refractivity (Wildman–Crippen MR) is 195 cm³/mol. The van der Waals surface area contributed by atoms with E-state index in [0.717, 1.165) is 29.5 Å². The van der Waals surface area contributed by atoms with Gasteiger partial charge in [-0.3, -0.25) is 23.9 Å². The molecule has 4 heterocycles. The third kappa shape index (κ3) is 7.41. The van der Waals surface area contributed by atoms with Gasteiger partial charge in [0.15, 0.2) is 5.78 Å². The number of hydrogen-bond donors (Lipinski definition) is 2. The zero-order chi connectivity index (χ0) is 36.4. The molecule has 266 valence electrons. The van der Waals surface area contributed by atoms with Crippen LogP contribution in [0.4, 0.5) is 5.82 Å². The van der Waals surface area contributed by atoms with E-state index in [0.29, 0.717) is 59.3 Å². The first-order valence-corrected chi connectivity index (χ1v) is 17.8. The minimum Gasteiger partial charge on any atom is -0.497 e. The Hall–Kier alpha value is -4.98. The number of pyridine rings is 1. The van der Waals surface area contributed by atoms with Crippen LogP contribution in [0.1, 0.15) is 67.8 Å². The van der Waals surface area contributed by atoms with Crippen LogP contribution in [0.3, 0.4) is 0 Å². The molecule has 0 bridgehead atoms. The Kier molecular flexibility index (Phi) is 10.3. The number of likely N-dealkylation sites (tertiary alicyclic amines) is 1. The van der Waals surface area contributed by atoms with Crippen molar-refractivity contribution < 1.29 is 23.9 Å². The number of Topliss-reactive ketones (excluding diaryl/α,β-unsaturated/α-hetero) is 1. The predicted octanol–water partition coefficient (Wildman–Crippen LogP) is 5.20. The number of aromatic nitrogens is 5. The van der Waals surface area contributed by atoms with E-state index in [9.17, 15) is 19.2 Å². The summed E-state index contributed by atoms with van der Waals surface area (Å²) < 4.78 is 7.38. The van der Waals surface area contributed by atoms with Gasteiger partial charge in [-0.15, -0.1) is 6.58 Å². The van der Waals surface area contributed by atoms with Crippen LogP contribution in [0.25, 0.3) is 22.0 Å². The van der Waals surface area contributed by atoms with E-state index in [1.54, 1.807) is 40.2 Å². The first kappa shape index (κ1) is 35.8. The van der Waals surface area contributed by atoms with E-state index in [2.05, 4.69) is 53.2 Å². The van der Waals surface area contributed by atoms with Crippen molar-refractivity contribution in [2.24, 2.45) is 5.41 Å². The number of anilines is 1. The number of methoxy groups -OCH3 is 1. The molecule has 2 fully saturated rings. The topological polar surface area (TPSA) is 161 Å². The number of nitrogens with one attached hydrogen (secondary N) is 2. The maximum absolute atomic E-state index is 14.4. The van der Waals surface area contributed by atoms with Crippen LogP contribution in [-0.2, 0) is 27.3 Å². The van der Waals surface area contributed by atoms with E-state index in [4.69, 9.17) is 4.74 Å². The maximum atomic E-state index is 14.4. The van der Waals surface area contributed by atoms with Crippen molar-refractivity contribution >= 4 is 56.2 Å². The largest absolute Gasteiger partial charge is 0.497 e. The molecule has 3 amide bonds. The van der Waals surface area contributed by atoms with Crippen LogP contribution < -0.4 is 15.4 Å². The highest BCUT2D eigenvalue weighted by atomic mass is 79.9. The molecule has 0 unspecified atom stereocenters. The molecule has 0 spiro atoms. The number of rotatable bonds is 14. The fraction of sp³-hybridized carbons (Fsp3) is 0.405. The number of halogens is 1. The van der Waals surface area contributed by atoms with Gasteiger partial charge >= 0.3 is 0 Å². The van der Waals surface area contributed by atoms with Crippen LogP contribution in [-0.4, -0.2) is 78.9 Å². The first-order valence-electron chi connectivity index (χ1n) is 17.0. The molecule has 3 atom stereocenters. The number of nitrogens with zero attached hydrogens (tertiary/aromatic N) is 6. The summed E-state index contributed by atoms with van der Waals surface area (Å²) in [5.41, 5.74) is 2.86. The van der Waals surface area contributed by atoms with Crippen molar-refractivity contribution in [2.75, 3.05) is 19.0 Å². The van der Waals surface area contributed by atoms with E-state index in [-0.39, 0.29) is 41.7 Å². The molecule has 4 aromatic rings. The van der Waals surface area contributed by atoms with Crippen molar-refractivity contribution in [3.8, 4) is 16.9 Å². The summed E-state index contributed by atoms with van der Waals surface area (Å²) in [6, 6.07) is 6.04. The number of carbonyl (C=O) groups excluding carboxylic acids is 4. The van der Waals surface area contributed by atoms with Crippen molar-refractivity contribution in [3.05, 3.63) is 71.0 Å². The molecule has 1 saturated heterocycles. The molecule has 13 nitrogen and oxygen atoms in total. The quantitative estimate of drug-likeness (QED) is 0.100. The molecule has 6 rings (SSSR count). The van der Waals surface area contributed by atoms with Crippen LogP contribution in [0.5, 0.6) is 5.75 Å². The number of allylic oxidation sites excluding steroid dienone is 1. The summed E-state index contributed by atoms with van der Waals surface area (Å²) >= 11 is 3.35. The zero-order valence-corrected chi connectivity index (χ0v) is 30.7. The van der Waals surface area contributed by atoms with Gasteiger partial charge in [0.25, 0.3) is 0 Å². The third-order valence-electron chi connectivity index (χ3n) is 9.68. The summed E-state index contributed by atoms with van der Waals surface area (Å²) in [5, 5.41) is 11.2. The Labute approximate surface area is 304 Å². The average molecular weight is 758 g/mol. The number of benzene rings is 1. The average Bonchev–Trinajstić information content (AvgIpc) is 3.51. The van der Waals surface area contributed by atoms with Gasteiger partial charge in [-0.1, -0.05) is 19.4 Å². The fourth-order valence-electron chi connectivity index (χ4n) is 7.04. The first-order chi connectivity index (χ1) is 24.5. The van der Waals surface area contributed by atoms with Crippen LogP contribution >= 0.6 is 15.9 Å². The summed E-state index contributed by atoms with van der Waals surface area (Å²) in [4.78, 5) is 68.6. The van der Waals surface area contributed by atoms with Crippen molar-refractivity contribution in [1.29, 1.82) is 0 Å². The molecule has 2 aliphatic rings. The Morgan fingerprint density at radius 3 is 2.57 bits per heavy atom. The summed E-state index contributed by atoms with van der Waals surface area (Å²) in [6.45, 7) is 9.38. The highest BCUT2D eigenvalue weighted by Crippen LogP contribution is 2.59. The molecule has 2 N–H and O–H groups in total. The lowest BCUT2D eigenvalue weighted by atomic mass is 9.98. The van der Waals surface area contributed by atoms with Gasteiger partial charge in [0, 0.05) is 66.8 Å². The lowest BCUT2D eigenvalue weighted by Crippen LogP contribution is -2.46. The minimum atomic E-state index is -0.828. The van der Waals surface area contributed by atoms with Gasteiger partial charge in [-0.2, -0.15) is 5.10 Å². The molecule has 0 radical (unpaired) electrons. The van der Waals surface area contributed by atoms with E-state index in [1.165, 1.54) is 14.0 Å². The summed E-state index contributed by atoms with van der Waals surface area (Å²) in [6.07, 6.45) is 8.82. The van der Waals surface area contributed by atoms with Crippen LogP contribution in [0.2, 0.25) is 0 Å². The SMILES string of the molecule is C=CCc1cc(-c2cnc(C)nc2)cc2c(C(C)=O)nn(CC(=O)N3[C@H](C(=O)Nc4cc(OC)cc(Br)n4)C[C@@]4(CNC(=O)CCCC)C[C@@H]34)c12. The van der Waals surface area contributed by atoms with Gasteiger partial charge < -0.3 is 20.3 Å². The second-order valence-corrected chi connectivity index (χ2v) is 14.1. The normalized spacial score (nSPS) is 19.0. The van der Waals surface area contributed by atoms with E-state index >= 15 is 0 Å². The molecular formula is C37H41BrN8O5. The zero-order valence-electron chi connectivity index (χ0n) is 29.2. The van der Waals surface area contributed by atoms with Gasteiger partial charge in [-0.25, -0.2) is 15.0 Å². The number of ether oxygens (including phenoxy) is 1. The molecule has 14 heteroatoms. The number of piperidine rings is 1. The summed E-state index contributed by atoms with van der Waals surface area (Å²) in [7, 11) is 1.52. The number of carbonyl (C=O) groups is 4. The number of aryl methyl sites for hydroxylation is 1. The number of hydrogen-bond acceptors (Lipinski definition) is 9. The van der Waals surface area contributed by atoms with Crippen molar-refractivity contribution in [3.63, 3.8) is 0 Å². The van der Waals surface area contributed by atoms with Crippen molar-refractivity contribution in [1.82, 2.24) is 34.9 Å². The van der Waals surface area contributed by atoms with Gasteiger partial charge in [0.2, 0.25) is 17.7 Å². The molecule has 1 aliphatic heterocycles. The number of unbranched alkanes of at least 4 members (excludes halogenated alkanes) is 1. The highest BCUT2D eigenvalue weighted by molar-refractivity contribution is 9.10. The fourth-order valence-corrected chi connectivity index (χ4v) is 7.46. The van der Waals surface area contributed by atoms with Crippen LogP contribution in [0, 0.1) is 12.3 Å². The molecular weight excluding hydrogens is 716 g/mol. The number of fused-ring (bicyclic) bond motifs is 2. The van der Waals surface area contributed by atoms with Crippen molar-refractivity contribution in [2.45, 2.75) is 77.9 Å². The van der Waals surface area contributed by atoms with Gasteiger partial charge in [-0.05, 0) is 71.8 Å². The second kappa shape index (κ2) is 14.7. The van der Waals surface area contributed by atoms with Crippen LogP contribution in [0.15, 0.2) is 53.9 Å². The smallest absolute Gasteiger partial charge is 0.248 e. The molecule has 1 aliphatic carbocycles. The Balaban J connectivity index is 1.34. The molecule has 1 saturated carbocycles. The third-order valence-corrected chi connectivity index (χ3v) is 10.1. The Morgan fingerprint density at radius 1 is 1.12 bits per heavy atom. The molecule has 51 heavy (non-hydrogen) atoms. The van der Waals surface area contributed by atoms with Gasteiger partial charge in [0.05, 0.1) is 12.6 Å². The molecule has 3 aromatic heterocycles. The molecule has 1 aromatic carbocycles. The standard InChI is InChI=1S/C37H41BrN8O5/c1-6-8-10-32(48)41-20-37-15-28(36(50)43-31-14-26(51-5)13-30(38)42-31)46(29(37)16-37)33(49)19-45-35-23(9-7-2)11-24(25-17-39-22(4)40-18-25)12-27(35)34(44-45)21(3)47/h7,11-14,17-18,28-29H,2,6,8-10,15-16,19-20H2,1,3-5H3,(H,41,48)(H,42,43,50)/t28-,29+,37-/m0/s1. The van der Waals surface area contributed by atoms with Gasteiger partial charge in [0.1, 0.15) is 40.3 Å². The Bertz CT molecular complexity index is 2030. The highest BCUT2D eigenvalue weighted by Gasteiger charge is 2.67. The Morgan fingerprint density at radius 2 is 1.88 bits per heavy atom. The van der Waals surface area contributed by atoms with E-state index in [1.807, 2.05) is 26.0 Å². The maximum Gasteiger partial charge on any atom is 0.248 e.